The normalized spacial score (nSPS) is 18.3. The van der Waals surface area contributed by atoms with E-state index in [0.29, 0.717) is 5.41 Å². The van der Waals surface area contributed by atoms with Gasteiger partial charge in [-0.25, -0.2) is 4.98 Å². The molecule has 1 aromatic rings. The predicted molar refractivity (Wildman–Crippen MR) is 67.1 cm³/mol. The molecular weight excluding hydrogens is 252 g/mol. The first-order chi connectivity index (χ1) is 7.09. The molecule has 1 aliphatic carbocycles. The highest BCUT2D eigenvalue weighted by Gasteiger charge is 2.31. The van der Waals surface area contributed by atoms with E-state index in [4.69, 9.17) is 0 Å². The van der Waals surface area contributed by atoms with E-state index >= 15 is 0 Å². The van der Waals surface area contributed by atoms with Crippen molar-refractivity contribution in [3.63, 3.8) is 0 Å². The van der Waals surface area contributed by atoms with E-state index in [1.807, 2.05) is 6.20 Å². The zero-order valence-electron chi connectivity index (χ0n) is 9.31. The molecule has 2 rings (SSSR count). The first kappa shape index (κ1) is 10.9. The standard InChI is InChI=1S/C12H17BrN2/c1-9-6-10(13)11(14-7-9)15-8-12(2)4-3-5-12/h6-7H,3-5,8H2,1-2H3,(H,14,15). The number of aromatic nitrogens is 1. The van der Waals surface area contributed by atoms with Gasteiger partial charge in [0.2, 0.25) is 0 Å². The van der Waals surface area contributed by atoms with Crippen molar-refractivity contribution in [1.29, 1.82) is 0 Å². The lowest BCUT2D eigenvalue weighted by Gasteiger charge is -2.38. The highest BCUT2D eigenvalue weighted by molar-refractivity contribution is 9.10. The molecule has 1 aromatic heterocycles. The quantitative estimate of drug-likeness (QED) is 0.903. The van der Waals surface area contributed by atoms with Crippen LogP contribution >= 0.6 is 15.9 Å². The van der Waals surface area contributed by atoms with E-state index in [9.17, 15) is 0 Å². The van der Waals surface area contributed by atoms with Gasteiger partial charge < -0.3 is 5.32 Å². The molecule has 3 heteroatoms. The number of pyridine rings is 1. The van der Waals surface area contributed by atoms with Gasteiger partial charge >= 0.3 is 0 Å². The van der Waals surface area contributed by atoms with Crippen molar-refractivity contribution in [3.05, 3.63) is 22.3 Å². The fourth-order valence-corrected chi connectivity index (χ4v) is 2.52. The maximum Gasteiger partial charge on any atom is 0.140 e. The van der Waals surface area contributed by atoms with Crippen LogP contribution < -0.4 is 5.32 Å². The Labute approximate surface area is 99.6 Å². The van der Waals surface area contributed by atoms with Gasteiger partial charge in [0.15, 0.2) is 0 Å². The number of halogens is 1. The smallest absolute Gasteiger partial charge is 0.140 e. The molecule has 1 N–H and O–H groups in total. The molecule has 1 saturated carbocycles. The van der Waals surface area contributed by atoms with Gasteiger partial charge in [-0.15, -0.1) is 0 Å². The zero-order valence-corrected chi connectivity index (χ0v) is 10.9. The number of anilines is 1. The highest BCUT2D eigenvalue weighted by atomic mass is 79.9. The van der Waals surface area contributed by atoms with E-state index in [0.717, 1.165) is 16.8 Å². The monoisotopic (exact) mass is 268 g/mol. The van der Waals surface area contributed by atoms with E-state index in [1.54, 1.807) is 0 Å². The second-order valence-electron chi connectivity index (χ2n) is 4.86. The third-order valence-electron chi connectivity index (χ3n) is 3.22. The molecule has 0 aromatic carbocycles. The second-order valence-corrected chi connectivity index (χ2v) is 5.72. The Morgan fingerprint density at radius 1 is 1.53 bits per heavy atom. The first-order valence-corrected chi connectivity index (χ1v) is 6.24. The minimum atomic E-state index is 0.492. The Morgan fingerprint density at radius 2 is 2.27 bits per heavy atom. The maximum absolute atomic E-state index is 4.38. The first-order valence-electron chi connectivity index (χ1n) is 5.45. The van der Waals surface area contributed by atoms with Gasteiger partial charge in [0, 0.05) is 12.7 Å². The van der Waals surface area contributed by atoms with Crippen molar-refractivity contribution in [3.8, 4) is 0 Å². The molecule has 0 atom stereocenters. The third-order valence-corrected chi connectivity index (χ3v) is 3.83. The third kappa shape index (κ3) is 2.51. The Bertz CT molecular complexity index is 359. The molecular formula is C12H17BrN2. The lowest BCUT2D eigenvalue weighted by Crippen LogP contribution is -2.33. The van der Waals surface area contributed by atoms with Crippen molar-refractivity contribution < 1.29 is 0 Å². The fourth-order valence-electron chi connectivity index (χ4n) is 1.92. The van der Waals surface area contributed by atoms with Gasteiger partial charge in [-0.1, -0.05) is 13.3 Å². The average molecular weight is 269 g/mol. The average Bonchev–Trinajstić information content (AvgIpc) is 2.14. The summed E-state index contributed by atoms with van der Waals surface area (Å²) in [5.41, 5.74) is 1.67. The minimum Gasteiger partial charge on any atom is -0.369 e. The van der Waals surface area contributed by atoms with Gasteiger partial charge in [0.25, 0.3) is 0 Å². The summed E-state index contributed by atoms with van der Waals surface area (Å²) < 4.78 is 1.06. The van der Waals surface area contributed by atoms with E-state index < -0.39 is 0 Å². The Hall–Kier alpha value is -0.570. The molecule has 15 heavy (non-hydrogen) atoms. The summed E-state index contributed by atoms with van der Waals surface area (Å²) in [6.45, 7) is 5.42. The van der Waals surface area contributed by atoms with Crippen molar-refractivity contribution in [2.45, 2.75) is 33.1 Å². The summed E-state index contributed by atoms with van der Waals surface area (Å²) in [5, 5.41) is 3.42. The number of hydrogen-bond donors (Lipinski definition) is 1. The summed E-state index contributed by atoms with van der Waals surface area (Å²) >= 11 is 3.53. The largest absolute Gasteiger partial charge is 0.369 e. The lowest BCUT2D eigenvalue weighted by molar-refractivity contribution is 0.180. The van der Waals surface area contributed by atoms with E-state index in [-0.39, 0.29) is 0 Å². The van der Waals surface area contributed by atoms with Gasteiger partial charge in [-0.2, -0.15) is 0 Å². The van der Waals surface area contributed by atoms with Crippen LogP contribution in [0.25, 0.3) is 0 Å². The van der Waals surface area contributed by atoms with Crippen molar-refractivity contribution in [2.75, 3.05) is 11.9 Å². The van der Waals surface area contributed by atoms with E-state index in [1.165, 1.54) is 24.8 Å². The lowest BCUT2D eigenvalue weighted by atomic mass is 9.70. The van der Waals surface area contributed by atoms with Crippen LogP contribution in [0.5, 0.6) is 0 Å². The topological polar surface area (TPSA) is 24.9 Å². The summed E-state index contributed by atoms with van der Waals surface area (Å²) in [6.07, 6.45) is 5.95. The molecule has 82 valence electrons. The molecule has 0 aliphatic heterocycles. The van der Waals surface area contributed by atoms with Crippen LogP contribution in [0.2, 0.25) is 0 Å². The van der Waals surface area contributed by atoms with Crippen LogP contribution in [-0.2, 0) is 0 Å². The van der Waals surface area contributed by atoms with Crippen LogP contribution in [0.4, 0.5) is 5.82 Å². The fraction of sp³-hybridized carbons (Fsp3) is 0.583. The number of hydrogen-bond acceptors (Lipinski definition) is 2. The Morgan fingerprint density at radius 3 is 2.80 bits per heavy atom. The summed E-state index contributed by atoms with van der Waals surface area (Å²) in [5.74, 6) is 0.966. The SMILES string of the molecule is Cc1cnc(NCC2(C)CCC2)c(Br)c1. The van der Waals surface area contributed by atoms with Crippen molar-refractivity contribution in [1.82, 2.24) is 4.98 Å². The van der Waals surface area contributed by atoms with Gasteiger partial charge in [0.1, 0.15) is 5.82 Å². The molecule has 0 saturated heterocycles. The molecule has 1 aliphatic rings. The van der Waals surface area contributed by atoms with E-state index in [2.05, 4.69) is 46.1 Å². The van der Waals surface area contributed by atoms with Crippen LogP contribution in [0.1, 0.15) is 31.7 Å². The number of nitrogens with zero attached hydrogens (tertiary/aromatic N) is 1. The molecule has 2 nitrogen and oxygen atoms in total. The van der Waals surface area contributed by atoms with Crippen LogP contribution in [0, 0.1) is 12.3 Å². The predicted octanol–water partition coefficient (Wildman–Crippen LogP) is 3.75. The summed E-state index contributed by atoms with van der Waals surface area (Å²) in [4.78, 5) is 4.38. The van der Waals surface area contributed by atoms with Gasteiger partial charge in [-0.05, 0) is 52.7 Å². The summed E-state index contributed by atoms with van der Waals surface area (Å²) in [7, 11) is 0. The molecule has 0 radical (unpaired) electrons. The maximum atomic E-state index is 4.38. The second kappa shape index (κ2) is 4.12. The molecule has 0 spiro atoms. The zero-order chi connectivity index (χ0) is 10.9. The van der Waals surface area contributed by atoms with Crippen molar-refractivity contribution >= 4 is 21.7 Å². The number of rotatable bonds is 3. The number of aryl methyl sites for hydroxylation is 1. The molecule has 1 heterocycles. The molecule has 0 unspecified atom stereocenters. The minimum absolute atomic E-state index is 0.492. The summed E-state index contributed by atoms with van der Waals surface area (Å²) in [6, 6.07) is 2.10. The molecule has 1 fully saturated rings. The van der Waals surface area contributed by atoms with Crippen LogP contribution in [0.15, 0.2) is 16.7 Å². The Kier molecular flexibility index (Phi) is 3.01. The number of nitrogens with one attached hydrogen (secondary N) is 1. The molecule has 0 amide bonds. The van der Waals surface area contributed by atoms with Crippen LogP contribution in [-0.4, -0.2) is 11.5 Å². The van der Waals surface area contributed by atoms with Gasteiger partial charge in [0.05, 0.1) is 4.47 Å². The van der Waals surface area contributed by atoms with Gasteiger partial charge in [-0.3, -0.25) is 0 Å². The van der Waals surface area contributed by atoms with Crippen LogP contribution in [0.3, 0.4) is 0 Å². The molecule has 0 bridgehead atoms. The van der Waals surface area contributed by atoms with Crippen molar-refractivity contribution in [2.24, 2.45) is 5.41 Å². The Balaban J connectivity index is 1.98. The highest BCUT2D eigenvalue weighted by Crippen LogP contribution is 2.40.